The highest BCUT2D eigenvalue weighted by Crippen LogP contribution is 2.13. The van der Waals surface area contributed by atoms with Crippen LogP contribution in [0.25, 0.3) is 0 Å². The maximum atomic E-state index is 5.84. The van der Waals surface area contributed by atoms with Gasteiger partial charge in [-0.1, -0.05) is 129 Å². The summed E-state index contributed by atoms with van der Waals surface area (Å²) in [4.78, 5) is 5.84. The molecular weight excluding hydrogens is 342 g/mol. The minimum atomic E-state index is 0.815. The fraction of sp³-hybridized carbons (Fsp3) is 1.00. The van der Waals surface area contributed by atoms with Crippen LogP contribution in [-0.4, -0.2) is 24.8 Å². The van der Waals surface area contributed by atoms with Crippen molar-refractivity contribution in [2.24, 2.45) is 0 Å². The second-order valence-corrected chi connectivity index (χ2v) is 8.71. The molecule has 170 valence electrons. The lowest BCUT2D eigenvalue weighted by atomic mass is 10.1. The van der Waals surface area contributed by atoms with E-state index in [1.165, 1.54) is 128 Å². The van der Waals surface area contributed by atoms with Crippen LogP contribution in [0.3, 0.4) is 0 Å². The van der Waals surface area contributed by atoms with E-state index < -0.39 is 0 Å². The van der Waals surface area contributed by atoms with E-state index in [1.54, 1.807) is 0 Å². The van der Waals surface area contributed by atoms with E-state index >= 15 is 0 Å². The van der Waals surface area contributed by atoms with Gasteiger partial charge in [0.1, 0.15) is 0 Å². The Bertz CT molecular complexity index is 245. The van der Waals surface area contributed by atoms with Crippen molar-refractivity contribution >= 4 is 0 Å². The van der Waals surface area contributed by atoms with Gasteiger partial charge in [0.05, 0.1) is 6.61 Å². The van der Waals surface area contributed by atoms with Gasteiger partial charge in [-0.25, -0.2) is 0 Å². The second-order valence-electron chi connectivity index (χ2n) is 8.71. The molecule has 0 bridgehead atoms. The molecule has 0 fully saturated rings. The van der Waals surface area contributed by atoms with Crippen LogP contribution in [0.1, 0.15) is 149 Å². The van der Waals surface area contributed by atoms with Crippen molar-refractivity contribution in [2.45, 2.75) is 149 Å². The summed E-state index contributed by atoms with van der Waals surface area (Å²) >= 11 is 0. The van der Waals surface area contributed by atoms with Crippen LogP contribution >= 0.6 is 0 Å². The first-order valence-corrected chi connectivity index (χ1v) is 13.2. The molecular formula is C26H55NO. The molecule has 28 heavy (non-hydrogen) atoms. The summed E-state index contributed by atoms with van der Waals surface area (Å²) in [6, 6.07) is 0. The first-order valence-electron chi connectivity index (χ1n) is 13.2. The third-order valence-electron chi connectivity index (χ3n) is 5.83. The van der Waals surface area contributed by atoms with Crippen LogP contribution in [0.4, 0.5) is 0 Å². The molecule has 0 saturated heterocycles. The average Bonchev–Trinajstić information content (AvgIpc) is 2.70. The monoisotopic (exact) mass is 397 g/mol. The normalized spacial score (nSPS) is 11.6. The van der Waals surface area contributed by atoms with E-state index in [9.17, 15) is 0 Å². The largest absolute Gasteiger partial charge is 0.299 e. The number of hydroxylamine groups is 2. The van der Waals surface area contributed by atoms with E-state index in [4.69, 9.17) is 4.84 Å². The molecule has 2 nitrogen and oxygen atoms in total. The molecule has 0 aromatic rings. The standard InChI is InChI=1S/C26H55NO/c1-4-7-9-11-13-15-17-19-21-23-25-27(28-6-3)26-24-22-20-18-16-14-12-10-8-5-2/h4-26H2,1-3H3. The summed E-state index contributed by atoms with van der Waals surface area (Å²) in [5, 5.41) is 2.25. The molecule has 0 aromatic carbocycles. The summed E-state index contributed by atoms with van der Waals surface area (Å²) in [6.45, 7) is 9.77. The lowest BCUT2D eigenvalue weighted by Crippen LogP contribution is -2.26. The van der Waals surface area contributed by atoms with Crippen molar-refractivity contribution in [1.29, 1.82) is 0 Å². The SMILES string of the molecule is CCCCCCCCCCCCN(CCCCCCCCCCCC)OCC. The molecule has 0 unspecified atom stereocenters. The van der Waals surface area contributed by atoms with Crippen molar-refractivity contribution in [2.75, 3.05) is 19.7 Å². The van der Waals surface area contributed by atoms with Gasteiger partial charge in [0.15, 0.2) is 0 Å². The fourth-order valence-electron chi connectivity index (χ4n) is 3.97. The first kappa shape index (κ1) is 27.9. The van der Waals surface area contributed by atoms with E-state index in [1.807, 2.05) is 0 Å². The van der Waals surface area contributed by atoms with Crippen LogP contribution in [0.15, 0.2) is 0 Å². The van der Waals surface area contributed by atoms with Crippen LogP contribution in [0, 0.1) is 0 Å². The molecule has 0 aliphatic carbocycles. The Morgan fingerprint density at radius 2 is 0.679 bits per heavy atom. The molecule has 2 heteroatoms. The van der Waals surface area contributed by atoms with E-state index in [2.05, 4.69) is 25.8 Å². The van der Waals surface area contributed by atoms with Gasteiger partial charge in [0.25, 0.3) is 0 Å². The van der Waals surface area contributed by atoms with Crippen molar-refractivity contribution < 1.29 is 4.84 Å². The van der Waals surface area contributed by atoms with Crippen LogP contribution in [-0.2, 0) is 4.84 Å². The second kappa shape index (κ2) is 25.0. The average molecular weight is 398 g/mol. The predicted octanol–water partition coefficient (Wildman–Crippen LogP) is 9.08. The van der Waals surface area contributed by atoms with Gasteiger partial charge in [0.2, 0.25) is 0 Å². The smallest absolute Gasteiger partial charge is 0.0656 e. The molecule has 0 aromatic heterocycles. The molecule has 0 heterocycles. The Kier molecular flexibility index (Phi) is 24.9. The molecule has 0 amide bonds. The Balaban J connectivity index is 3.41. The van der Waals surface area contributed by atoms with Gasteiger partial charge >= 0.3 is 0 Å². The van der Waals surface area contributed by atoms with Crippen molar-refractivity contribution in [3.8, 4) is 0 Å². The Labute approximate surface area is 179 Å². The van der Waals surface area contributed by atoms with Crippen LogP contribution in [0.5, 0.6) is 0 Å². The molecule has 0 saturated carbocycles. The fourth-order valence-corrected chi connectivity index (χ4v) is 3.97. The van der Waals surface area contributed by atoms with E-state index in [0.717, 1.165) is 19.7 Å². The van der Waals surface area contributed by atoms with Gasteiger partial charge in [-0.3, -0.25) is 4.84 Å². The number of hydrogen-bond donors (Lipinski definition) is 0. The summed E-state index contributed by atoms with van der Waals surface area (Å²) in [5.41, 5.74) is 0. The van der Waals surface area contributed by atoms with Crippen molar-refractivity contribution in [1.82, 2.24) is 5.06 Å². The Hall–Kier alpha value is -0.0800. The quantitative estimate of drug-likeness (QED) is 0.119. The number of unbranched alkanes of at least 4 members (excludes halogenated alkanes) is 18. The van der Waals surface area contributed by atoms with E-state index in [-0.39, 0.29) is 0 Å². The van der Waals surface area contributed by atoms with Gasteiger partial charge in [0, 0.05) is 13.1 Å². The molecule has 0 spiro atoms. The Morgan fingerprint density at radius 3 is 0.964 bits per heavy atom. The maximum absolute atomic E-state index is 5.84. The lowest BCUT2D eigenvalue weighted by Gasteiger charge is -2.21. The minimum absolute atomic E-state index is 0.815. The topological polar surface area (TPSA) is 12.5 Å². The first-order chi connectivity index (χ1) is 13.8. The maximum Gasteiger partial charge on any atom is 0.0656 e. The van der Waals surface area contributed by atoms with Gasteiger partial charge in [-0.15, -0.1) is 0 Å². The zero-order chi connectivity index (χ0) is 20.5. The summed E-state index contributed by atoms with van der Waals surface area (Å²) in [7, 11) is 0. The third-order valence-corrected chi connectivity index (χ3v) is 5.83. The number of nitrogens with zero attached hydrogens (tertiary/aromatic N) is 1. The summed E-state index contributed by atoms with van der Waals surface area (Å²) in [5.74, 6) is 0. The van der Waals surface area contributed by atoms with E-state index in [0.29, 0.717) is 0 Å². The van der Waals surface area contributed by atoms with Gasteiger partial charge in [-0.2, -0.15) is 5.06 Å². The highest BCUT2D eigenvalue weighted by Gasteiger charge is 2.04. The highest BCUT2D eigenvalue weighted by molar-refractivity contribution is 4.53. The molecule has 0 N–H and O–H groups in total. The van der Waals surface area contributed by atoms with Crippen molar-refractivity contribution in [3.63, 3.8) is 0 Å². The van der Waals surface area contributed by atoms with Crippen LogP contribution < -0.4 is 0 Å². The Morgan fingerprint density at radius 1 is 0.393 bits per heavy atom. The zero-order valence-corrected chi connectivity index (χ0v) is 20.1. The number of hydrogen-bond acceptors (Lipinski definition) is 2. The van der Waals surface area contributed by atoms with Crippen LogP contribution in [0.2, 0.25) is 0 Å². The molecule has 0 aliphatic heterocycles. The number of rotatable bonds is 24. The summed E-state index contributed by atoms with van der Waals surface area (Å²) in [6.07, 6.45) is 28.1. The van der Waals surface area contributed by atoms with Crippen molar-refractivity contribution in [3.05, 3.63) is 0 Å². The molecule has 0 rings (SSSR count). The van der Waals surface area contributed by atoms with Gasteiger partial charge < -0.3 is 0 Å². The summed E-state index contributed by atoms with van der Waals surface area (Å²) < 4.78 is 0. The third kappa shape index (κ3) is 22.2. The lowest BCUT2D eigenvalue weighted by molar-refractivity contribution is -0.155. The van der Waals surface area contributed by atoms with Gasteiger partial charge in [-0.05, 0) is 19.8 Å². The molecule has 0 atom stereocenters. The molecule has 0 aliphatic rings. The predicted molar refractivity (Wildman–Crippen MR) is 127 cm³/mol. The molecule has 0 radical (unpaired) electrons. The highest BCUT2D eigenvalue weighted by atomic mass is 16.7. The minimum Gasteiger partial charge on any atom is -0.299 e. The zero-order valence-electron chi connectivity index (χ0n) is 20.1.